The molecule has 0 aliphatic heterocycles. The molecule has 8 nitrogen and oxygen atoms in total. The van der Waals surface area contributed by atoms with Crippen molar-refractivity contribution in [3.8, 4) is 18.2 Å². The van der Waals surface area contributed by atoms with Crippen molar-refractivity contribution in [3.63, 3.8) is 0 Å². The van der Waals surface area contributed by atoms with E-state index < -0.39 is 35.6 Å². The fourth-order valence-corrected chi connectivity index (χ4v) is 3.61. The van der Waals surface area contributed by atoms with Crippen LogP contribution in [0.4, 0.5) is 10.5 Å². The molecular weight excluding hydrogens is 458 g/mol. The highest BCUT2D eigenvalue weighted by Crippen LogP contribution is 2.31. The van der Waals surface area contributed by atoms with Gasteiger partial charge in [-0.2, -0.15) is 0 Å². The van der Waals surface area contributed by atoms with Crippen molar-refractivity contribution in [2.24, 2.45) is 5.92 Å². The van der Waals surface area contributed by atoms with E-state index in [1.54, 1.807) is 45.0 Å². The van der Waals surface area contributed by atoms with Gasteiger partial charge in [0.15, 0.2) is 6.04 Å². The van der Waals surface area contributed by atoms with E-state index >= 15 is 0 Å². The van der Waals surface area contributed by atoms with Gasteiger partial charge in [-0.3, -0.25) is 14.5 Å². The zero-order chi connectivity index (χ0) is 27.0. The summed E-state index contributed by atoms with van der Waals surface area (Å²) in [6.07, 6.45) is 5.25. The van der Waals surface area contributed by atoms with Crippen LogP contribution in [0.2, 0.25) is 0 Å². The predicted molar refractivity (Wildman–Crippen MR) is 139 cm³/mol. The van der Waals surface area contributed by atoms with Gasteiger partial charge in [-0.15, -0.1) is 0 Å². The minimum Gasteiger partial charge on any atom is -0.508 e. The molecule has 3 N–H and O–H groups in total. The second-order valence-electron chi connectivity index (χ2n) is 9.93. The highest BCUT2D eigenvalue weighted by Gasteiger charge is 2.37. The van der Waals surface area contributed by atoms with Crippen LogP contribution >= 0.6 is 0 Å². The molecule has 0 saturated carbocycles. The van der Waals surface area contributed by atoms with Gasteiger partial charge in [-0.25, -0.2) is 4.79 Å². The lowest BCUT2D eigenvalue weighted by Crippen LogP contribution is -2.51. The van der Waals surface area contributed by atoms with Gasteiger partial charge >= 0.3 is 6.09 Å². The highest BCUT2D eigenvalue weighted by molar-refractivity contribution is 6.00. The molecule has 192 valence electrons. The monoisotopic (exact) mass is 493 g/mol. The number of nitrogens with one attached hydrogen (secondary N) is 2. The first-order valence-corrected chi connectivity index (χ1v) is 11.8. The number of ether oxygens (including phenoxy) is 1. The van der Waals surface area contributed by atoms with Gasteiger partial charge in [0.1, 0.15) is 17.4 Å². The minimum atomic E-state index is -1.36. The standard InChI is InChI=1S/C28H35N3O5/c1-8-31(26(34)22(17-18(2)3)30-27(35)36-28(5,6)7)24(20-14-10-12-16-23(20)32)25(33)29-21-15-11-9-13-19(21)4/h1,9-16,18,22,24,32H,17H2,2-7H3,(H,29,33)(H,30,35). The van der Waals surface area contributed by atoms with Crippen molar-refractivity contribution >= 4 is 23.6 Å². The lowest BCUT2D eigenvalue weighted by Gasteiger charge is -2.31. The summed E-state index contributed by atoms with van der Waals surface area (Å²) >= 11 is 0. The number of phenols is 1. The Balaban J connectivity index is 2.48. The number of aryl methyl sites for hydroxylation is 1. The quantitative estimate of drug-likeness (QED) is 0.364. The first-order valence-electron chi connectivity index (χ1n) is 11.8. The third kappa shape index (κ3) is 7.77. The van der Waals surface area contributed by atoms with E-state index in [0.29, 0.717) is 5.69 Å². The number of rotatable bonds is 8. The lowest BCUT2D eigenvalue weighted by atomic mass is 9.99. The molecule has 0 heterocycles. The van der Waals surface area contributed by atoms with E-state index in [-0.39, 0.29) is 23.7 Å². The summed E-state index contributed by atoms with van der Waals surface area (Å²) in [4.78, 5) is 40.7. The van der Waals surface area contributed by atoms with Gasteiger partial charge in [0.25, 0.3) is 11.8 Å². The fraction of sp³-hybridized carbons (Fsp3) is 0.393. The lowest BCUT2D eigenvalue weighted by molar-refractivity contribution is -0.137. The van der Waals surface area contributed by atoms with Crippen molar-refractivity contribution in [1.82, 2.24) is 10.2 Å². The van der Waals surface area contributed by atoms with Crippen LogP contribution in [0.25, 0.3) is 0 Å². The number of benzene rings is 2. The van der Waals surface area contributed by atoms with E-state index in [0.717, 1.165) is 10.5 Å². The van der Waals surface area contributed by atoms with Gasteiger partial charge in [0.2, 0.25) is 0 Å². The number of anilines is 1. The van der Waals surface area contributed by atoms with E-state index in [1.165, 1.54) is 12.1 Å². The normalized spacial score (nSPS) is 12.7. The third-order valence-electron chi connectivity index (χ3n) is 5.21. The molecule has 0 aliphatic rings. The summed E-state index contributed by atoms with van der Waals surface area (Å²) in [6, 6.07) is 13.2. The maximum atomic E-state index is 13.7. The number of hydrogen-bond donors (Lipinski definition) is 3. The molecular formula is C28H35N3O5. The summed E-state index contributed by atoms with van der Waals surface area (Å²) in [6.45, 7) is 10.8. The maximum absolute atomic E-state index is 13.7. The van der Waals surface area contributed by atoms with Crippen molar-refractivity contribution in [3.05, 3.63) is 59.7 Å². The Morgan fingerprint density at radius 1 is 1.08 bits per heavy atom. The van der Waals surface area contributed by atoms with Gasteiger partial charge < -0.3 is 20.5 Å². The molecule has 0 bridgehead atoms. The van der Waals surface area contributed by atoms with Crippen molar-refractivity contribution in [2.75, 3.05) is 5.32 Å². The van der Waals surface area contributed by atoms with Gasteiger partial charge in [-0.05, 0) is 57.7 Å². The van der Waals surface area contributed by atoms with E-state index in [4.69, 9.17) is 11.2 Å². The Labute approximate surface area is 213 Å². The predicted octanol–water partition coefficient (Wildman–Crippen LogP) is 4.74. The number of para-hydroxylation sites is 2. The topological polar surface area (TPSA) is 108 Å². The second kappa shape index (κ2) is 12.1. The van der Waals surface area contributed by atoms with Gasteiger partial charge in [0, 0.05) is 17.3 Å². The Bertz CT molecular complexity index is 1130. The molecule has 2 rings (SSSR count). The first kappa shape index (κ1) is 28.2. The highest BCUT2D eigenvalue weighted by atomic mass is 16.6. The zero-order valence-electron chi connectivity index (χ0n) is 21.7. The van der Waals surface area contributed by atoms with Gasteiger partial charge in [-0.1, -0.05) is 56.7 Å². The fourth-order valence-electron chi connectivity index (χ4n) is 3.61. The summed E-state index contributed by atoms with van der Waals surface area (Å²) in [5, 5.41) is 16.0. The Morgan fingerprint density at radius 2 is 1.69 bits per heavy atom. The van der Waals surface area contributed by atoms with E-state index in [1.807, 2.05) is 32.9 Å². The molecule has 0 aliphatic carbocycles. The number of amides is 3. The summed E-state index contributed by atoms with van der Waals surface area (Å²) < 4.78 is 5.33. The molecule has 0 aromatic heterocycles. The zero-order valence-corrected chi connectivity index (χ0v) is 21.7. The largest absolute Gasteiger partial charge is 0.508 e. The third-order valence-corrected chi connectivity index (χ3v) is 5.21. The smallest absolute Gasteiger partial charge is 0.408 e. The number of phenolic OH excluding ortho intramolecular Hbond substituents is 1. The summed E-state index contributed by atoms with van der Waals surface area (Å²) in [5.41, 5.74) is 0.728. The van der Waals surface area contributed by atoms with Crippen molar-refractivity contribution in [1.29, 1.82) is 0 Å². The van der Waals surface area contributed by atoms with Crippen molar-refractivity contribution < 1.29 is 24.2 Å². The van der Waals surface area contributed by atoms with Crippen LogP contribution in [-0.4, -0.2) is 39.6 Å². The molecule has 36 heavy (non-hydrogen) atoms. The van der Waals surface area contributed by atoms with Crippen LogP contribution in [-0.2, 0) is 14.3 Å². The number of alkyl carbamates (subject to hydrolysis) is 1. The first-order chi connectivity index (χ1) is 16.8. The summed E-state index contributed by atoms with van der Waals surface area (Å²) in [7, 11) is 0. The van der Waals surface area contributed by atoms with Gasteiger partial charge in [0.05, 0.1) is 0 Å². The van der Waals surface area contributed by atoms with E-state index in [2.05, 4.69) is 16.7 Å². The van der Waals surface area contributed by atoms with Crippen LogP contribution in [0.3, 0.4) is 0 Å². The molecule has 8 heteroatoms. The molecule has 0 spiro atoms. The maximum Gasteiger partial charge on any atom is 0.408 e. The Hall–Kier alpha value is -3.99. The molecule has 0 radical (unpaired) electrons. The number of nitrogens with zero attached hydrogens (tertiary/aromatic N) is 1. The number of hydrogen-bond acceptors (Lipinski definition) is 5. The van der Waals surface area contributed by atoms with Crippen LogP contribution in [0.5, 0.6) is 5.75 Å². The number of carbonyl (C=O) groups is 3. The summed E-state index contributed by atoms with van der Waals surface area (Å²) in [5.74, 6) is -1.48. The minimum absolute atomic E-state index is 0.0119. The SMILES string of the molecule is C#CN(C(=O)C(CC(C)C)NC(=O)OC(C)(C)C)C(C(=O)Nc1ccccc1C)c1ccccc1O. The molecule has 2 aromatic rings. The van der Waals surface area contributed by atoms with Crippen LogP contribution < -0.4 is 10.6 Å². The molecule has 0 fully saturated rings. The Kier molecular flexibility index (Phi) is 9.51. The second-order valence-corrected chi connectivity index (χ2v) is 9.93. The van der Waals surface area contributed by atoms with Crippen LogP contribution in [0.15, 0.2) is 48.5 Å². The number of aromatic hydroxyl groups is 1. The molecule has 2 unspecified atom stereocenters. The molecule has 3 amide bonds. The molecule has 2 aromatic carbocycles. The molecule has 2 atom stereocenters. The van der Waals surface area contributed by atoms with Crippen molar-refractivity contribution in [2.45, 2.75) is 65.6 Å². The average Bonchev–Trinajstić information content (AvgIpc) is 2.77. The number of carbonyl (C=O) groups excluding carboxylic acids is 3. The Morgan fingerprint density at radius 3 is 2.25 bits per heavy atom. The van der Waals surface area contributed by atoms with E-state index in [9.17, 15) is 19.5 Å². The number of terminal acetylenes is 1. The molecule has 0 saturated heterocycles. The average molecular weight is 494 g/mol. The van der Waals surface area contributed by atoms with Crippen LogP contribution in [0.1, 0.15) is 58.2 Å². The van der Waals surface area contributed by atoms with Crippen LogP contribution in [0, 0.1) is 25.3 Å².